The molecule has 0 radical (unpaired) electrons. The lowest BCUT2D eigenvalue weighted by atomic mass is 9.91. The predicted molar refractivity (Wildman–Crippen MR) is 41.0 cm³/mol. The molecule has 1 rings (SSSR count). The Morgan fingerprint density at radius 2 is 2.20 bits per heavy atom. The zero-order valence-electron chi connectivity index (χ0n) is 6.38. The Bertz CT molecular complexity index is 192. The summed E-state index contributed by atoms with van der Waals surface area (Å²) >= 11 is -1.20. The van der Waals surface area contributed by atoms with Gasteiger partial charge in [0.1, 0.15) is 5.75 Å². The molecule has 0 N–H and O–H groups in total. The summed E-state index contributed by atoms with van der Waals surface area (Å²) in [6.45, 7) is 6.08. The normalized spacial score (nSPS) is 25.9. The van der Waals surface area contributed by atoms with Gasteiger partial charge in [-0.1, -0.05) is 25.9 Å². The van der Waals surface area contributed by atoms with Gasteiger partial charge in [-0.15, -0.1) is 0 Å². The van der Waals surface area contributed by atoms with Gasteiger partial charge in [-0.3, -0.25) is 4.28 Å². The molecule has 0 aliphatic carbocycles. The molecule has 10 heavy (non-hydrogen) atoms. The van der Waals surface area contributed by atoms with Gasteiger partial charge in [-0.05, 0) is 0 Å². The van der Waals surface area contributed by atoms with Crippen molar-refractivity contribution in [1.82, 2.24) is 0 Å². The van der Waals surface area contributed by atoms with Gasteiger partial charge >= 0.3 is 0 Å². The SMILES string of the molecule is CC(C)(C)C1=NOS(=O)C1. The molecule has 4 heteroatoms. The van der Waals surface area contributed by atoms with Gasteiger partial charge in [-0.2, -0.15) is 0 Å². The highest BCUT2D eigenvalue weighted by atomic mass is 32.2. The lowest BCUT2D eigenvalue weighted by Gasteiger charge is -2.14. The summed E-state index contributed by atoms with van der Waals surface area (Å²) in [4.78, 5) is 0. The second kappa shape index (κ2) is 2.34. The minimum atomic E-state index is -1.20. The van der Waals surface area contributed by atoms with Crippen LogP contribution >= 0.6 is 0 Å². The molecule has 58 valence electrons. The summed E-state index contributed by atoms with van der Waals surface area (Å²) in [6, 6.07) is 0. The molecule has 0 aromatic rings. The van der Waals surface area contributed by atoms with Crippen LogP contribution < -0.4 is 0 Å². The quantitative estimate of drug-likeness (QED) is 0.533. The predicted octanol–water partition coefficient (Wildman–Crippen LogP) is 1.08. The van der Waals surface area contributed by atoms with Crippen molar-refractivity contribution in [3.63, 3.8) is 0 Å². The lowest BCUT2D eigenvalue weighted by molar-refractivity contribution is 0.380. The maximum atomic E-state index is 10.7. The zero-order chi connectivity index (χ0) is 7.78. The van der Waals surface area contributed by atoms with Crippen LogP contribution in [0, 0.1) is 5.41 Å². The number of hydrogen-bond acceptors (Lipinski definition) is 3. The highest BCUT2D eigenvalue weighted by Crippen LogP contribution is 2.20. The van der Waals surface area contributed by atoms with Crippen LogP contribution in [-0.2, 0) is 15.4 Å². The average Bonchev–Trinajstić information content (AvgIpc) is 2.11. The average molecular weight is 161 g/mol. The van der Waals surface area contributed by atoms with Crippen LogP contribution in [0.3, 0.4) is 0 Å². The van der Waals surface area contributed by atoms with Gasteiger partial charge in [0.25, 0.3) is 0 Å². The molecular weight excluding hydrogens is 150 g/mol. The van der Waals surface area contributed by atoms with E-state index in [0.29, 0.717) is 5.75 Å². The van der Waals surface area contributed by atoms with Crippen molar-refractivity contribution < 1.29 is 8.49 Å². The fourth-order valence-electron chi connectivity index (χ4n) is 0.604. The number of nitrogens with zero attached hydrogens (tertiary/aromatic N) is 1. The van der Waals surface area contributed by atoms with E-state index in [0.717, 1.165) is 5.71 Å². The topological polar surface area (TPSA) is 38.7 Å². The number of hydrogen-bond donors (Lipinski definition) is 0. The standard InChI is InChI=1S/C6H11NO2S/c1-6(2,3)5-4-10(8)9-7-5/h4H2,1-3H3. The van der Waals surface area contributed by atoms with E-state index in [-0.39, 0.29) is 5.41 Å². The molecular formula is C6H11NO2S. The van der Waals surface area contributed by atoms with Gasteiger partial charge in [0.2, 0.25) is 11.1 Å². The molecule has 1 atom stereocenters. The maximum Gasteiger partial charge on any atom is 0.238 e. The molecule has 1 unspecified atom stereocenters. The van der Waals surface area contributed by atoms with Gasteiger partial charge < -0.3 is 0 Å². The molecule has 0 amide bonds. The fourth-order valence-corrected chi connectivity index (χ4v) is 1.54. The van der Waals surface area contributed by atoms with Crippen LogP contribution in [0.2, 0.25) is 0 Å². The highest BCUT2D eigenvalue weighted by molar-refractivity contribution is 7.81. The van der Waals surface area contributed by atoms with Crippen molar-refractivity contribution in [3.8, 4) is 0 Å². The molecule has 0 spiro atoms. The van der Waals surface area contributed by atoms with Gasteiger partial charge in [-0.25, -0.2) is 4.21 Å². The van der Waals surface area contributed by atoms with E-state index >= 15 is 0 Å². The van der Waals surface area contributed by atoms with Crippen LogP contribution in [0.25, 0.3) is 0 Å². The van der Waals surface area contributed by atoms with Crippen LogP contribution in [0.5, 0.6) is 0 Å². The lowest BCUT2D eigenvalue weighted by Crippen LogP contribution is -2.21. The second-order valence-electron chi connectivity index (χ2n) is 3.31. The molecule has 0 saturated carbocycles. The summed E-state index contributed by atoms with van der Waals surface area (Å²) in [7, 11) is 0. The minimum absolute atomic E-state index is 0.00778. The fraction of sp³-hybridized carbons (Fsp3) is 0.833. The number of oxime groups is 1. The first-order chi connectivity index (χ1) is 4.50. The van der Waals surface area contributed by atoms with E-state index in [1.165, 1.54) is 0 Å². The zero-order valence-corrected chi connectivity index (χ0v) is 7.20. The third-order valence-electron chi connectivity index (χ3n) is 1.35. The van der Waals surface area contributed by atoms with E-state index in [2.05, 4.69) is 9.44 Å². The van der Waals surface area contributed by atoms with Crippen molar-refractivity contribution in [2.45, 2.75) is 20.8 Å². The van der Waals surface area contributed by atoms with Crippen molar-refractivity contribution in [2.75, 3.05) is 5.75 Å². The van der Waals surface area contributed by atoms with E-state index < -0.39 is 11.1 Å². The van der Waals surface area contributed by atoms with Crippen molar-refractivity contribution >= 4 is 16.8 Å². The Hall–Kier alpha value is -0.380. The molecule has 1 heterocycles. The third-order valence-corrected chi connectivity index (χ3v) is 2.10. The Morgan fingerprint density at radius 3 is 2.40 bits per heavy atom. The van der Waals surface area contributed by atoms with E-state index in [9.17, 15) is 4.21 Å². The smallest absolute Gasteiger partial charge is 0.238 e. The molecule has 0 fully saturated rings. The minimum Gasteiger partial charge on any atom is -0.292 e. The van der Waals surface area contributed by atoms with Gasteiger partial charge in [0.15, 0.2) is 0 Å². The van der Waals surface area contributed by atoms with Gasteiger partial charge in [0.05, 0.1) is 5.71 Å². The molecule has 0 bridgehead atoms. The summed E-state index contributed by atoms with van der Waals surface area (Å²) in [6.07, 6.45) is 0. The summed E-state index contributed by atoms with van der Waals surface area (Å²) in [5.41, 5.74) is 0.873. The Labute approximate surface area is 63.1 Å². The summed E-state index contributed by atoms with van der Waals surface area (Å²) in [5, 5.41) is 3.70. The Kier molecular flexibility index (Phi) is 1.81. The van der Waals surface area contributed by atoms with Crippen LogP contribution in [0.15, 0.2) is 5.16 Å². The monoisotopic (exact) mass is 161 g/mol. The Morgan fingerprint density at radius 1 is 1.60 bits per heavy atom. The first-order valence-corrected chi connectivity index (χ1v) is 4.38. The maximum absolute atomic E-state index is 10.7. The first kappa shape index (κ1) is 7.72. The first-order valence-electron chi connectivity index (χ1n) is 3.13. The van der Waals surface area contributed by atoms with E-state index in [1.54, 1.807) is 0 Å². The van der Waals surface area contributed by atoms with Crippen LogP contribution in [0.1, 0.15) is 20.8 Å². The molecule has 0 saturated heterocycles. The van der Waals surface area contributed by atoms with Crippen molar-refractivity contribution in [3.05, 3.63) is 0 Å². The van der Waals surface area contributed by atoms with E-state index in [1.807, 2.05) is 20.8 Å². The van der Waals surface area contributed by atoms with Crippen LogP contribution in [0.4, 0.5) is 0 Å². The molecule has 0 aromatic heterocycles. The van der Waals surface area contributed by atoms with Gasteiger partial charge in [0, 0.05) is 5.41 Å². The molecule has 3 nitrogen and oxygen atoms in total. The van der Waals surface area contributed by atoms with Crippen molar-refractivity contribution in [2.24, 2.45) is 10.6 Å². The molecule has 0 aromatic carbocycles. The largest absolute Gasteiger partial charge is 0.292 e. The van der Waals surface area contributed by atoms with Crippen LogP contribution in [-0.4, -0.2) is 15.7 Å². The summed E-state index contributed by atoms with van der Waals surface area (Å²) < 4.78 is 15.2. The third kappa shape index (κ3) is 1.56. The summed E-state index contributed by atoms with van der Waals surface area (Å²) in [5.74, 6) is 0.462. The number of rotatable bonds is 0. The molecule has 1 aliphatic heterocycles. The Balaban J connectivity index is 2.69. The van der Waals surface area contributed by atoms with E-state index in [4.69, 9.17) is 0 Å². The molecule has 1 aliphatic rings. The van der Waals surface area contributed by atoms with Crippen molar-refractivity contribution in [1.29, 1.82) is 0 Å². The highest BCUT2D eigenvalue weighted by Gasteiger charge is 2.27. The second-order valence-corrected chi connectivity index (χ2v) is 4.36.